The normalized spacial score (nSPS) is 15.7. The molecule has 0 fully saturated rings. The van der Waals surface area contributed by atoms with E-state index in [0.717, 1.165) is 39.0 Å². The van der Waals surface area contributed by atoms with Crippen molar-refractivity contribution in [2.75, 3.05) is 5.01 Å². The molecule has 1 aliphatic heterocycles. The van der Waals surface area contributed by atoms with Crippen molar-refractivity contribution < 1.29 is 4.39 Å². The van der Waals surface area contributed by atoms with Gasteiger partial charge in [0.1, 0.15) is 5.82 Å². The van der Waals surface area contributed by atoms with Crippen LogP contribution in [0, 0.1) is 12.7 Å². The number of thiophene rings is 1. The molecular weight excluding hydrogens is 481 g/mol. The van der Waals surface area contributed by atoms with E-state index in [-0.39, 0.29) is 28.8 Å². The number of rotatable bonds is 4. The van der Waals surface area contributed by atoms with E-state index in [1.165, 1.54) is 17.7 Å². The minimum absolute atomic E-state index is 0. The summed E-state index contributed by atoms with van der Waals surface area (Å²) in [6, 6.07) is 19.2. The summed E-state index contributed by atoms with van der Waals surface area (Å²) >= 11 is 3.27. The molecule has 3 nitrogen and oxygen atoms in total. The summed E-state index contributed by atoms with van der Waals surface area (Å²) in [5, 5.41) is 11.9. The molecule has 30 heavy (non-hydrogen) atoms. The summed E-state index contributed by atoms with van der Waals surface area (Å²) in [6.07, 6.45) is 0.769. The third kappa shape index (κ3) is 4.10. The second-order valence-corrected chi connectivity index (χ2v) is 8.81. The molecule has 7 heteroatoms. The summed E-state index contributed by atoms with van der Waals surface area (Å²) in [4.78, 5) is 6.03. The topological polar surface area (TPSA) is 28.5 Å². The maximum atomic E-state index is 13.5. The lowest BCUT2D eigenvalue weighted by Crippen LogP contribution is -2.18. The SMILES string of the molecule is Br.Cc1ccc(-c2csc(N3N=C(c4cccs4)CC3c3ccc(F)cc3)n2)cc1. The Morgan fingerprint density at radius 2 is 1.77 bits per heavy atom. The number of halogens is 2. The third-order valence-electron chi connectivity index (χ3n) is 5.01. The van der Waals surface area contributed by atoms with E-state index in [9.17, 15) is 4.39 Å². The lowest BCUT2D eigenvalue weighted by Gasteiger charge is -2.21. The van der Waals surface area contributed by atoms with Gasteiger partial charge >= 0.3 is 0 Å². The quantitative estimate of drug-likeness (QED) is 0.295. The zero-order valence-electron chi connectivity index (χ0n) is 16.2. The van der Waals surface area contributed by atoms with E-state index in [1.54, 1.807) is 22.7 Å². The molecule has 0 amide bonds. The average Bonchev–Trinajstić information content (AvgIpc) is 3.48. The Balaban J connectivity index is 0.00000218. The summed E-state index contributed by atoms with van der Waals surface area (Å²) in [7, 11) is 0. The number of benzene rings is 2. The summed E-state index contributed by atoms with van der Waals surface area (Å²) < 4.78 is 13.5. The number of anilines is 1. The number of aromatic nitrogens is 1. The van der Waals surface area contributed by atoms with Crippen LogP contribution in [0.25, 0.3) is 11.3 Å². The Bertz CT molecular complexity index is 1150. The highest BCUT2D eigenvalue weighted by atomic mass is 79.9. The van der Waals surface area contributed by atoms with Gasteiger partial charge in [-0.2, -0.15) is 5.10 Å². The fourth-order valence-corrected chi connectivity index (χ4v) is 5.00. The van der Waals surface area contributed by atoms with Crippen molar-refractivity contribution in [1.82, 2.24) is 4.98 Å². The van der Waals surface area contributed by atoms with Crippen molar-refractivity contribution in [3.63, 3.8) is 0 Å². The Hall–Kier alpha value is -2.35. The smallest absolute Gasteiger partial charge is 0.207 e. The van der Waals surface area contributed by atoms with Crippen molar-refractivity contribution in [2.24, 2.45) is 5.10 Å². The minimum Gasteiger partial charge on any atom is -0.231 e. The van der Waals surface area contributed by atoms with E-state index >= 15 is 0 Å². The fourth-order valence-electron chi connectivity index (χ4n) is 3.45. The zero-order valence-corrected chi connectivity index (χ0v) is 19.5. The number of thiazole rings is 1. The predicted octanol–water partition coefficient (Wildman–Crippen LogP) is 7.25. The van der Waals surface area contributed by atoms with Crippen LogP contribution >= 0.6 is 39.7 Å². The number of aryl methyl sites for hydroxylation is 1. The fraction of sp³-hybridized carbons (Fsp3) is 0.130. The number of hydrazone groups is 1. The van der Waals surface area contributed by atoms with Crippen LogP contribution in [-0.4, -0.2) is 10.7 Å². The first-order valence-corrected chi connectivity index (χ1v) is 11.1. The van der Waals surface area contributed by atoms with E-state index in [0.29, 0.717) is 0 Å². The third-order valence-corrected chi connectivity index (χ3v) is 6.76. The summed E-state index contributed by atoms with van der Waals surface area (Å²) in [5.41, 5.74) is 5.35. The van der Waals surface area contributed by atoms with Crippen LogP contribution in [0.3, 0.4) is 0 Å². The average molecular weight is 500 g/mol. The first-order chi connectivity index (χ1) is 14.2. The maximum absolute atomic E-state index is 13.5. The van der Waals surface area contributed by atoms with Crippen molar-refractivity contribution in [1.29, 1.82) is 0 Å². The Morgan fingerprint density at radius 3 is 2.47 bits per heavy atom. The van der Waals surface area contributed by atoms with Gasteiger partial charge in [0.25, 0.3) is 0 Å². The van der Waals surface area contributed by atoms with Gasteiger partial charge in [-0.1, -0.05) is 48.0 Å². The molecule has 5 rings (SSSR count). The zero-order chi connectivity index (χ0) is 19.8. The van der Waals surface area contributed by atoms with Gasteiger partial charge in [0.15, 0.2) is 0 Å². The first kappa shape index (κ1) is 20.9. The van der Waals surface area contributed by atoms with Crippen molar-refractivity contribution >= 4 is 50.5 Å². The van der Waals surface area contributed by atoms with Gasteiger partial charge < -0.3 is 0 Å². The molecule has 0 bridgehead atoms. The second-order valence-electron chi connectivity index (χ2n) is 7.02. The van der Waals surface area contributed by atoms with E-state index in [1.807, 2.05) is 23.2 Å². The Morgan fingerprint density at radius 1 is 1.00 bits per heavy atom. The minimum atomic E-state index is -0.228. The molecule has 2 aromatic carbocycles. The Labute approximate surface area is 193 Å². The predicted molar refractivity (Wildman–Crippen MR) is 130 cm³/mol. The van der Waals surface area contributed by atoms with Crippen LogP contribution in [0.5, 0.6) is 0 Å². The van der Waals surface area contributed by atoms with Gasteiger partial charge in [-0.05, 0) is 36.1 Å². The van der Waals surface area contributed by atoms with Gasteiger partial charge in [-0.3, -0.25) is 0 Å². The van der Waals surface area contributed by atoms with Crippen LogP contribution in [0.2, 0.25) is 0 Å². The molecule has 0 N–H and O–H groups in total. The molecule has 2 aromatic heterocycles. The summed E-state index contributed by atoms with van der Waals surface area (Å²) in [5.74, 6) is -0.228. The number of hydrogen-bond acceptors (Lipinski definition) is 5. The molecule has 1 unspecified atom stereocenters. The molecule has 1 aliphatic rings. The van der Waals surface area contributed by atoms with Gasteiger partial charge in [-0.15, -0.1) is 39.7 Å². The summed E-state index contributed by atoms with van der Waals surface area (Å²) in [6.45, 7) is 2.08. The number of hydrogen-bond donors (Lipinski definition) is 0. The van der Waals surface area contributed by atoms with E-state index in [4.69, 9.17) is 10.1 Å². The lowest BCUT2D eigenvalue weighted by atomic mass is 10.0. The molecular formula is C23H19BrFN3S2. The molecule has 152 valence electrons. The highest BCUT2D eigenvalue weighted by Gasteiger charge is 2.32. The first-order valence-electron chi connectivity index (χ1n) is 9.36. The van der Waals surface area contributed by atoms with Gasteiger partial charge in [0.2, 0.25) is 5.13 Å². The molecule has 0 saturated heterocycles. The van der Waals surface area contributed by atoms with Crippen LogP contribution in [0.1, 0.15) is 28.5 Å². The van der Waals surface area contributed by atoms with Gasteiger partial charge in [0.05, 0.1) is 22.3 Å². The molecule has 0 radical (unpaired) electrons. The largest absolute Gasteiger partial charge is 0.231 e. The molecule has 4 aromatic rings. The van der Waals surface area contributed by atoms with Gasteiger partial charge in [-0.25, -0.2) is 14.4 Å². The maximum Gasteiger partial charge on any atom is 0.207 e. The van der Waals surface area contributed by atoms with Crippen LogP contribution in [0.15, 0.2) is 76.5 Å². The highest BCUT2D eigenvalue weighted by Crippen LogP contribution is 2.39. The molecule has 0 spiro atoms. The van der Waals surface area contributed by atoms with Gasteiger partial charge in [0, 0.05) is 17.4 Å². The van der Waals surface area contributed by atoms with Crippen LogP contribution < -0.4 is 5.01 Å². The van der Waals surface area contributed by atoms with Crippen molar-refractivity contribution in [2.45, 2.75) is 19.4 Å². The highest BCUT2D eigenvalue weighted by molar-refractivity contribution is 8.93. The van der Waals surface area contributed by atoms with Crippen molar-refractivity contribution in [3.05, 3.63) is 93.2 Å². The number of nitrogens with zero attached hydrogens (tertiary/aromatic N) is 3. The van der Waals surface area contributed by atoms with E-state index in [2.05, 4.69) is 48.0 Å². The van der Waals surface area contributed by atoms with Crippen molar-refractivity contribution in [3.8, 4) is 11.3 Å². The molecule has 1 atom stereocenters. The second kappa shape index (κ2) is 8.79. The van der Waals surface area contributed by atoms with E-state index < -0.39 is 0 Å². The van der Waals surface area contributed by atoms with Crippen LogP contribution in [0.4, 0.5) is 9.52 Å². The molecule has 3 heterocycles. The molecule has 0 aliphatic carbocycles. The lowest BCUT2D eigenvalue weighted by molar-refractivity contribution is 0.624. The van der Waals surface area contributed by atoms with Crippen LogP contribution in [-0.2, 0) is 0 Å². The molecule has 0 saturated carbocycles. The standard InChI is InChI=1S/C23H18FN3S2.BrH/c1-15-4-6-16(7-5-15)20-14-29-23(25-20)27-21(17-8-10-18(24)11-9-17)13-19(26-27)22-3-2-12-28-22;/h2-12,14,21H,13H2,1H3;1H. The Kier molecular flexibility index (Phi) is 6.13. The monoisotopic (exact) mass is 499 g/mol.